The molecule has 0 unspecified atom stereocenters. The Bertz CT molecular complexity index is 1340. The third kappa shape index (κ3) is 3.65. The Morgan fingerprint density at radius 1 is 1.10 bits per heavy atom. The topological polar surface area (TPSA) is 85.6 Å². The zero-order valence-electron chi connectivity index (χ0n) is 16.6. The molecule has 150 valence electrons. The van der Waals surface area contributed by atoms with Gasteiger partial charge in [0.25, 0.3) is 11.5 Å². The minimum absolute atomic E-state index is 0.162. The number of hydrogen-bond acceptors (Lipinski definition) is 5. The van der Waals surface area contributed by atoms with Gasteiger partial charge in [-0.1, -0.05) is 36.4 Å². The molecule has 0 aliphatic carbocycles. The predicted octanol–water partition coefficient (Wildman–Crippen LogP) is 3.34. The molecule has 0 aliphatic rings. The maximum absolute atomic E-state index is 12.7. The number of amides is 1. The first-order valence-electron chi connectivity index (χ1n) is 9.52. The Morgan fingerprint density at radius 2 is 1.83 bits per heavy atom. The van der Waals surface area contributed by atoms with Crippen molar-refractivity contribution in [1.29, 1.82) is 0 Å². The summed E-state index contributed by atoms with van der Waals surface area (Å²) in [6.45, 7) is 2.17. The molecule has 1 amide bonds. The molecular weight excluding hydrogens is 380 g/mol. The normalized spacial score (nSPS) is 11.3. The SMILES string of the molecule is CCn1nc(C(=O)N/N=C\c2ccc3cc(OC)ccc3c2)c2ccccc2c1=O. The van der Waals surface area contributed by atoms with Crippen LogP contribution in [0, 0.1) is 0 Å². The molecule has 0 bridgehead atoms. The molecule has 1 heterocycles. The van der Waals surface area contributed by atoms with E-state index in [0.717, 1.165) is 22.1 Å². The number of carbonyl (C=O) groups is 1. The lowest BCUT2D eigenvalue weighted by Crippen LogP contribution is -2.28. The van der Waals surface area contributed by atoms with Crippen LogP contribution in [-0.4, -0.2) is 29.0 Å². The highest BCUT2D eigenvalue weighted by atomic mass is 16.5. The zero-order valence-corrected chi connectivity index (χ0v) is 16.6. The van der Waals surface area contributed by atoms with Crippen molar-refractivity contribution in [3.05, 3.63) is 82.3 Å². The standard InChI is InChI=1S/C23H20N4O3/c1-3-27-23(29)20-7-5-4-6-19(20)21(26-27)22(28)25-24-14-15-8-9-17-13-18(30-2)11-10-16(17)12-15/h4-14H,3H2,1-2H3,(H,25,28)/b24-14-. The summed E-state index contributed by atoms with van der Waals surface area (Å²) in [5.41, 5.74) is 3.29. The highest BCUT2D eigenvalue weighted by Gasteiger charge is 2.15. The monoisotopic (exact) mass is 400 g/mol. The van der Waals surface area contributed by atoms with Gasteiger partial charge in [0.15, 0.2) is 5.69 Å². The molecule has 0 aliphatic heterocycles. The summed E-state index contributed by atoms with van der Waals surface area (Å²) in [5, 5.41) is 11.3. The maximum Gasteiger partial charge on any atom is 0.292 e. The van der Waals surface area contributed by atoms with Crippen molar-refractivity contribution >= 4 is 33.7 Å². The molecular formula is C23H20N4O3. The van der Waals surface area contributed by atoms with E-state index >= 15 is 0 Å². The first-order valence-corrected chi connectivity index (χ1v) is 9.52. The van der Waals surface area contributed by atoms with Crippen LogP contribution in [-0.2, 0) is 6.54 Å². The summed E-state index contributed by atoms with van der Waals surface area (Å²) in [6, 6.07) is 18.6. The number of hydrazone groups is 1. The van der Waals surface area contributed by atoms with Gasteiger partial charge in [0.1, 0.15) is 5.75 Å². The van der Waals surface area contributed by atoms with Crippen LogP contribution >= 0.6 is 0 Å². The highest BCUT2D eigenvalue weighted by Crippen LogP contribution is 2.21. The number of methoxy groups -OCH3 is 1. The number of aryl methyl sites for hydroxylation is 1. The van der Waals surface area contributed by atoms with E-state index in [9.17, 15) is 9.59 Å². The highest BCUT2D eigenvalue weighted by molar-refractivity contribution is 6.05. The van der Waals surface area contributed by atoms with E-state index in [1.54, 1.807) is 44.5 Å². The van der Waals surface area contributed by atoms with Crippen molar-refractivity contribution in [3.63, 3.8) is 0 Å². The molecule has 4 rings (SSSR count). The maximum atomic E-state index is 12.7. The lowest BCUT2D eigenvalue weighted by atomic mass is 10.1. The van der Waals surface area contributed by atoms with Crippen molar-refractivity contribution in [2.45, 2.75) is 13.5 Å². The van der Waals surface area contributed by atoms with E-state index in [1.807, 2.05) is 36.4 Å². The number of carbonyl (C=O) groups excluding carboxylic acids is 1. The second-order valence-corrected chi connectivity index (χ2v) is 6.69. The van der Waals surface area contributed by atoms with Gasteiger partial charge in [-0.2, -0.15) is 10.2 Å². The molecule has 0 spiro atoms. The number of hydrogen-bond donors (Lipinski definition) is 1. The van der Waals surface area contributed by atoms with Crippen molar-refractivity contribution in [2.24, 2.45) is 5.10 Å². The average molecular weight is 400 g/mol. The summed E-state index contributed by atoms with van der Waals surface area (Å²) in [7, 11) is 1.63. The minimum atomic E-state index is -0.477. The molecule has 30 heavy (non-hydrogen) atoms. The molecule has 0 saturated heterocycles. The van der Waals surface area contributed by atoms with Crippen LogP contribution in [0.5, 0.6) is 5.75 Å². The number of nitrogens with zero attached hydrogens (tertiary/aromatic N) is 3. The Kier molecular flexibility index (Phi) is 5.26. The largest absolute Gasteiger partial charge is 0.497 e. The summed E-state index contributed by atoms with van der Waals surface area (Å²) in [4.78, 5) is 25.1. The summed E-state index contributed by atoms with van der Waals surface area (Å²) in [5.74, 6) is 0.319. The molecule has 4 aromatic rings. The zero-order chi connectivity index (χ0) is 21.1. The lowest BCUT2D eigenvalue weighted by molar-refractivity contribution is 0.0949. The van der Waals surface area contributed by atoms with Gasteiger partial charge in [-0.15, -0.1) is 0 Å². The van der Waals surface area contributed by atoms with Gasteiger partial charge in [-0.05, 0) is 47.5 Å². The lowest BCUT2D eigenvalue weighted by Gasteiger charge is -2.08. The van der Waals surface area contributed by atoms with E-state index < -0.39 is 5.91 Å². The molecule has 7 heteroatoms. The number of ether oxygens (including phenoxy) is 1. The Morgan fingerprint density at radius 3 is 2.60 bits per heavy atom. The van der Waals surface area contributed by atoms with Gasteiger partial charge in [0.2, 0.25) is 0 Å². The van der Waals surface area contributed by atoms with Crippen LogP contribution in [0.15, 0.2) is 70.6 Å². The van der Waals surface area contributed by atoms with Gasteiger partial charge in [0.05, 0.1) is 18.7 Å². The summed E-state index contributed by atoms with van der Waals surface area (Å²) in [6.07, 6.45) is 1.57. The van der Waals surface area contributed by atoms with Gasteiger partial charge < -0.3 is 4.74 Å². The average Bonchev–Trinajstić information content (AvgIpc) is 2.79. The molecule has 0 atom stereocenters. The van der Waals surface area contributed by atoms with Gasteiger partial charge in [-0.3, -0.25) is 9.59 Å². The summed E-state index contributed by atoms with van der Waals surface area (Å²) >= 11 is 0. The first kappa shape index (κ1) is 19.3. The third-order valence-electron chi connectivity index (χ3n) is 4.83. The quantitative estimate of drug-likeness (QED) is 0.411. The Balaban J connectivity index is 1.59. The van der Waals surface area contributed by atoms with Crippen LogP contribution < -0.4 is 15.7 Å². The van der Waals surface area contributed by atoms with Crippen LogP contribution in [0.25, 0.3) is 21.5 Å². The molecule has 7 nitrogen and oxygen atoms in total. The number of nitrogens with one attached hydrogen (secondary N) is 1. The van der Waals surface area contributed by atoms with E-state index in [-0.39, 0.29) is 11.3 Å². The van der Waals surface area contributed by atoms with Crippen molar-refractivity contribution in [2.75, 3.05) is 7.11 Å². The van der Waals surface area contributed by atoms with E-state index in [4.69, 9.17) is 4.74 Å². The fourth-order valence-corrected chi connectivity index (χ4v) is 3.29. The van der Waals surface area contributed by atoms with Gasteiger partial charge in [-0.25, -0.2) is 10.1 Å². The van der Waals surface area contributed by atoms with Crippen LogP contribution in [0.4, 0.5) is 0 Å². The number of benzene rings is 3. The van der Waals surface area contributed by atoms with Crippen molar-refractivity contribution in [3.8, 4) is 5.75 Å². The van der Waals surface area contributed by atoms with Gasteiger partial charge in [0, 0.05) is 11.9 Å². The molecule has 0 radical (unpaired) electrons. The third-order valence-corrected chi connectivity index (χ3v) is 4.83. The van der Waals surface area contributed by atoms with Crippen molar-refractivity contribution < 1.29 is 9.53 Å². The fourth-order valence-electron chi connectivity index (χ4n) is 3.29. The molecule has 1 N–H and O–H groups in total. The van der Waals surface area contributed by atoms with Gasteiger partial charge >= 0.3 is 0 Å². The van der Waals surface area contributed by atoms with E-state index in [1.165, 1.54) is 4.68 Å². The van der Waals surface area contributed by atoms with Crippen LogP contribution in [0.2, 0.25) is 0 Å². The van der Waals surface area contributed by atoms with E-state index in [0.29, 0.717) is 17.3 Å². The molecule has 0 fully saturated rings. The first-order chi connectivity index (χ1) is 14.6. The Hall–Kier alpha value is -4.00. The second-order valence-electron chi connectivity index (χ2n) is 6.69. The smallest absolute Gasteiger partial charge is 0.292 e. The number of fused-ring (bicyclic) bond motifs is 2. The second kappa shape index (κ2) is 8.16. The van der Waals surface area contributed by atoms with Crippen LogP contribution in [0.1, 0.15) is 23.0 Å². The molecule has 1 aromatic heterocycles. The Labute approximate surface area is 172 Å². The minimum Gasteiger partial charge on any atom is -0.497 e. The van der Waals surface area contributed by atoms with Crippen LogP contribution in [0.3, 0.4) is 0 Å². The van der Waals surface area contributed by atoms with E-state index in [2.05, 4.69) is 15.6 Å². The predicted molar refractivity (Wildman–Crippen MR) is 117 cm³/mol. The molecule has 0 saturated carbocycles. The number of aromatic nitrogens is 2. The van der Waals surface area contributed by atoms with Crippen molar-refractivity contribution in [1.82, 2.24) is 15.2 Å². The number of rotatable bonds is 5. The summed E-state index contributed by atoms with van der Waals surface area (Å²) < 4.78 is 6.52. The molecule has 3 aromatic carbocycles. The fraction of sp³-hybridized carbons (Fsp3) is 0.130.